The van der Waals surface area contributed by atoms with Crippen LogP contribution in [0.15, 0.2) is 48.5 Å². The molecule has 140 valence electrons. The van der Waals surface area contributed by atoms with Crippen LogP contribution in [-0.4, -0.2) is 36.0 Å². The molecule has 3 rings (SSSR count). The minimum absolute atomic E-state index is 0.00666. The molecule has 0 radical (unpaired) electrons. The first kappa shape index (κ1) is 18.4. The Balaban J connectivity index is 1.54. The summed E-state index contributed by atoms with van der Waals surface area (Å²) in [6, 6.07) is 14.1. The molecule has 2 amide bonds. The molecule has 0 aliphatic carbocycles. The molecule has 1 aliphatic rings. The Labute approximate surface area is 156 Å². The second-order valence-electron chi connectivity index (χ2n) is 6.44. The number of carboxylic acid groups (broad SMARTS) is 1. The van der Waals surface area contributed by atoms with Crippen molar-refractivity contribution in [3.8, 4) is 5.75 Å². The smallest absolute Gasteiger partial charge is 0.308 e. The van der Waals surface area contributed by atoms with Gasteiger partial charge in [-0.1, -0.05) is 12.1 Å². The highest BCUT2D eigenvalue weighted by molar-refractivity contribution is 5.99. The van der Waals surface area contributed by atoms with Crippen LogP contribution >= 0.6 is 0 Å². The van der Waals surface area contributed by atoms with Crippen molar-refractivity contribution in [3.05, 3.63) is 54.1 Å². The van der Waals surface area contributed by atoms with Gasteiger partial charge < -0.3 is 20.1 Å². The number of nitrogens with zero attached hydrogens (tertiary/aromatic N) is 1. The molecule has 1 atom stereocenters. The predicted molar refractivity (Wildman–Crippen MR) is 99.8 cm³/mol. The van der Waals surface area contributed by atoms with Gasteiger partial charge in [0, 0.05) is 24.3 Å². The lowest BCUT2D eigenvalue weighted by Crippen LogP contribution is -2.25. The number of amides is 2. The Morgan fingerprint density at radius 2 is 1.96 bits per heavy atom. The minimum atomic E-state index is -0.967. The highest BCUT2D eigenvalue weighted by atomic mass is 16.5. The van der Waals surface area contributed by atoms with Crippen molar-refractivity contribution in [2.24, 2.45) is 5.92 Å². The fraction of sp³-hybridized carbons (Fsp3) is 0.250. The third-order valence-corrected chi connectivity index (χ3v) is 4.29. The Hall–Kier alpha value is -3.35. The van der Waals surface area contributed by atoms with E-state index in [9.17, 15) is 14.4 Å². The molecule has 0 bridgehead atoms. The average Bonchev–Trinajstić information content (AvgIpc) is 3.02. The second-order valence-corrected chi connectivity index (χ2v) is 6.44. The summed E-state index contributed by atoms with van der Waals surface area (Å²) in [5.41, 5.74) is 2.37. The molecule has 2 aromatic rings. The summed E-state index contributed by atoms with van der Waals surface area (Å²) >= 11 is 0. The van der Waals surface area contributed by atoms with E-state index in [-0.39, 0.29) is 31.4 Å². The largest absolute Gasteiger partial charge is 0.484 e. The maximum atomic E-state index is 12.0. The Bertz CT molecular complexity index is 863. The maximum Gasteiger partial charge on any atom is 0.308 e. The predicted octanol–water partition coefficient (Wildman–Crippen LogP) is 2.45. The number of carbonyl (C=O) groups is 3. The molecule has 7 heteroatoms. The lowest BCUT2D eigenvalue weighted by Gasteiger charge is -2.16. The highest BCUT2D eigenvalue weighted by Gasteiger charge is 2.34. The summed E-state index contributed by atoms with van der Waals surface area (Å²) in [7, 11) is 0. The monoisotopic (exact) mass is 368 g/mol. The lowest BCUT2D eigenvalue weighted by atomic mass is 10.1. The van der Waals surface area contributed by atoms with Crippen molar-refractivity contribution in [3.63, 3.8) is 0 Å². The van der Waals surface area contributed by atoms with Crippen LogP contribution in [0.2, 0.25) is 0 Å². The third kappa shape index (κ3) is 4.63. The maximum absolute atomic E-state index is 12.0. The SMILES string of the molecule is Cc1cccc(NC(=O)COc2ccc(N3CC(C(=O)O)CC3=O)cc2)c1. The molecule has 0 spiro atoms. The van der Waals surface area contributed by atoms with Gasteiger partial charge in [-0.15, -0.1) is 0 Å². The van der Waals surface area contributed by atoms with E-state index in [0.717, 1.165) is 5.56 Å². The van der Waals surface area contributed by atoms with Crippen LogP contribution in [0.1, 0.15) is 12.0 Å². The Morgan fingerprint density at radius 3 is 2.59 bits per heavy atom. The third-order valence-electron chi connectivity index (χ3n) is 4.29. The fourth-order valence-corrected chi connectivity index (χ4v) is 2.91. The molecule has 1 fully saturated rings. The van der Waals surface area contributed by atoms with E-state index in [4.69, 9.17) is 9.84 Å². The van der Waals surface area contributed by atoms with E-state index < -0.39 is 11.9 Å². The molecule has 1 saturated heterocycles. The molecule has 1 heterocycles. The van der Waals surface area contributed by atoms with Crippen molar-refractivity contribution in [1.29, 1.82) is 0 Å². The standard InChI is InChI=1S/C20H20N2O5/c1-13-3-2-4-15(9-13)21-18(23)12-27-17-7-5-16(6-8-17)22-11-14(20(25)26)10-19(22)24/h2-9,14H,10-12H2,1H3,(H,21,23)(H,25,26). The van der Waals surface area contributed by atoms with E-state index in [1.54, 1.807) is 30.3 Å². The van der Waals surface area contributed by atoms with Crippen LogP contribution in [-0.2, 0) is 14.4 Å². The van der Waals surface area contributed by atoms with Gasteiger partial charge in [-0.05, 0) is 48.9 Å². The number of anilines is 2. The number of nitrogens with one attached hydrogen (secondary N) is 1. The normalized spacial score (nSPS) is 16.3. The van der Waals surface area contributed by atoms with Gasteiger partial charge in [0.2, 0.25) is 5.91 Å². The van der Waals surface area contributed by atoms with Gasteiger partial charge >= 0.3 is 5.97 Å². The van der Waals surface area contributed by atoms with Crippen LogP contribution in [0.4, 0.5) is 11.4 Å². The van der Waals surface area contributed by atoms with Gasteiger partial charge in [0.05, 0.1) is 5.92 Å². The molecule has 1 unspecified atom stereocenters. The van der Waals surface area contributed by atoms with Gasteiger partial charge in [-0.3, -0.25) is 14.4 Å². The van der Waals surface area contributed by atoms with Crippen LogP contribution in [0.3, 0.4) is 0 Å². The number of carbonyl (C=O) groups excluding carboxylic acids is 2. The molecule has 1 aliphatic heterocycles. The zero-order valence-corrected chi connectivity index (χ0v) is 14.8. The second kappa shape index (κ2) is 7.90. The van der Waals surface area contributed by atoms with Gasteiger partial charge in [-0.2, -0.15) is 0 Å². The van der Waals surface area contributed by atoms with Gasteiger partial charge in [0.15, 0.2) is 6.61 Å². The molecule has 2 aromatic carbocycles. The van der Waals surface area contributed by atoms with Crippen LogP contribution in [0.25, 0.3) is 0 Å². The molecule has 0 aromatic heterocycles. The summed E-state index contributed by atoms with van der Waals surface area (Å²) in [6.45, 7) is 1.96. The summed E-state index contributed by atoms with van der Waals surface area (Å²) in [5, 5.41) is 11.8. The quantitative estimate of drug-likeness (QED) is 0.816. The zero-order chi connectivity index (χ0) is 19.4. The van der Waals surface area contributed by atoms with Crippen LogP contribution in [0, 0.1) is 12.8 Å². The van der Waals surface area contributed by atoms with Gasteiger partial charge in [0.25, 0.3) is 5.91 Å². The number of rotatable bonds is 6. The summed E-state index contributed by atoms with van der Waals surface area (Å²) in [4.78, 5) is 36.4. The van der Waals surface area contributed by atoms with Crippen molar-refractivity contribution in [1.82, 2.24) is 0 Å². The topological polar surface area (TPSA) is 95.9 Å². The molecule has 7 nitrogen and oxygen atoms in total. The van der Waals surface area contributed by atoms with Crippen LogP contribution < -0.4 is 15.0 Å². The average molecular weight is 368 g/mol. The van der Waals surface area contributed by atoms with Crippen molar-refractivity contribution in [2.75, 3.05) is 23.4 Å². The number of carboxylic acids is 1. The number of benzene rings is 2. The number of aliphatic carboxylic acids is 1. The Morgan fingerprint density at radius 1 is 1.22 bits per heavy atom. The van der Waals surface area contributed by atoms with E-state index in [2.05, 4.69) is 5.32 Å². The number of ether oxygens (including phenoxy) is 1. The Kier molecular flexibility index (Phi) is 5.40. The number of hydrogen-bond donors (Lipinski definition) is 2. The van der Waals surface area contributed by atoms with E-state index >= 15 is 0 Å². The van der Waals surface area contributed by atoms with E-state index in [0.29, 0.717) is 17.1 Å². The first-order valence-electron chi connectivity index (χ1n) is 8.55. The minimum Gasteiger partial charge on any atom is -0.484 e. The fourth-order valence-electron chi connectivity index (χ4n) is 2.91. The first-order valence-corrected chi connectivity index (χ1v) is 8.55. The van der Waals surface area contributed by atoms with Crippen molar-refractivity contribution in [2.45, 2.75) is 13.3 Å². The summed E-state index contributed by atoms with van der Waals surface area (Å²) < 4.78 is 5.46. The molecular formula is C20H20N2O5. The molecule has 0 saturated carbocycles. The molecule has 2 N–H and O–H groups in total. The molecular weight excluding hydrogens is 348 g/mol. The molecule has 27 heavy (non-hydrogen) atoms. The number of hydrogen-bond acceptors (Lipinski definition) is 4. The summed E-state index contributed by atoms with van der Waals surface area (Å²) in [5.74, 6) is -1.65. The first-order chi connectivity index (χ1) is 12.9. The van der Waals surface area contributed by atoms with Crippen molar-refractivity contribution < 1.29 is 24.2 Å². The van der Waals surface area contributed by atoms with Gasteiger partial charge in [-0.25, -0.2) is 0 Å². The number of aryl methyl sites for hydroxylation is 1. The summed E-state index contributed by atoms with van der Waals surface area (Å²) in [6.07, 6.45) is 0.00666. The highest BCUT2D eigenvalue weighted by Crippen LogP contribution is 2.27. The van der Waals surface area contributed by atoms with E-state index in [1.807, 2.05) is 25.1 Å². The van der Waals surface area contributed by atoms with Crippen LogP contribution in [0.5, 0.6) is 5.75 Å². The zero-order valence-electron chi connectivity index (χ0n) is 14.8. The van der Waals surface area contributed by atoms with E-state index in [1.165, 1.54) is 4.90 Å². The van der Waals surface area contributed by atoms with Crippen molar-refractivity contribution >= 4 is 29.2 Å². The lowest BCUT2D eigenvalue weighted by molar-refractivity contribution is -0.141. The van der Waals surface area contributed by atoms with Gasteiger partial charge in [0.1, 0.15) is 5.75 Å².